The zero-order chi connectivity index (χ0) is 10.6. The first-order valence-corrected chi connectivity index (χ1v) is 5.26. The van der Waals surface area contributed by atoms with Gasteiger partial charge in [-0.1, -0.05) is 29.3 Å². The summed E-state index contributed by atoms with van der Waals surface area (Å²) in [6.45, 7) is 0.890. The van der Waals surface area contributed by atoms with Crippen molar-refractivity contribution < 1.29 is 0 Å². The van der Waals surface area contributed by atoms with Gasteiger partial charge in [-0.3, -0.25) is 0 Å². The van der Waals surface area contributed by atoms with Gasteiger partial charge >= 0.3 is 0 Å². The molecule has 0 aliphatic heterocycles. The van der Waals surface area contributed by atoms with Crippen LogP contribution in [-0.4, -0.2) is 13.6 Å². The molecule has 0 saturated heterocycles. The highest BCUT2D eigenvalue weighted by atomic mass is 35.5. The van der Waals surface area contributed by atoms with Gasteiger partial charge in [-0.2, -0.15) is 0 Å². The SMILES string of the molecule is CNCC[C@H](N)c1ccc(Cl)c(Cl)c1. The highest BCUT2D eigenvalue weighted by Gasteiger charge is 2.07. The fraction of sp³-hybridized carbons (Fsp3) is 0.400. The summed E-state index contributed by atoms with van der Waals surface area (Å²) in [4.78, 5) is 0. The molecule has 0 fully saturated rings. The van der Waals surface area contributed by atoms with E-state index < -0.39 is 0 Å². The van der Waals surface area contributed by atoms with Gasteiger partial charge in [-0.25, -0.2) is 0 Å². The Morgan fingerprint density at radius 3 is 2.64 bits per heavy atom. The first kappa shape index (κ1) is 11.8. The molecule has 78 valence electrons. The average Bonchev–Trinajstić information content (AvgIpc) is 2.18. The minimum Gasteiger partial charge on any atom is -0.324 e. The van der Waals surface area contributed by atoms with Crippen molar-refractivity contribution in [2.45, 2.75) is 12.5 Å². The summed E-state index contributed by atoms with van der Waals surface area (Å²) in [6, 6.07) is 5.52. The maximum atomic E-state index is 5.96. The molecule has 0 amide bonds. The van der Waals surface area contributed by atoms with E-state index in [1.807, 2.05) is 19.2 Å². The lowest BCUT2D eigenvalue weighted by Gasteiger charge is -2.12. The van der Waals surface area contributed by atoms with Crippen LogP contribution < -0.4 is 11.1 Å². The van der Waals surface area contributed by atoms with Crippen LogP contribution in [0.1, 0.15) is 18.0 Å². The third-order valence-corrected chi connectivity index (χ3v) is 2.82. The zero-order valence-electron chi connectivity index (χ0n) is 8.06. The van der Waals surface area contributed by atoms with Crippen LogP contribution in [0.5, 0.6) is 0 Å². The largest absolute Gasteiger partial charge is 0.324 e. The van der Waals surface area contributed by atoms with Gasteiger partial charge in [0, 0.05) is 6.04 Å². The van der Waals surface area contributed by atoms with E-state index in [2.05, 4.69) is 5.32 Å². The van der Waals surface area contributed by atoms with E-state index in [4.69, 9.17) is 28.9 Å². The van der Waals surface area contributed by atoms with Crippen molar-refractivity contribution in [3.05, 3.63) is 33.8 Å². The van der Waals surface area contributed by atoms with Crippen LogP contribution in [-0.2, 0) is 0 Å². The summed E-state index contributed by atoms with van der Waals surface area (Å²) in [5.74, 6) is 0. The first-order chi connectivity index (χ1) is 6.65. The molecule has 0 aliphatic rings. The number of hydrogen-bond acceptors (Lipinski definition) is 2. The standard InChI is InChI=1S/C10H14Cl2N2/c1-14-5-4-10(13)7-2-3-8(11)9(12)6-7/h2-3,6,10,14H,4-5,13H2,1H3/t10-/m0/s1. The van der Waals surface area contributed by atoms with Crippen molar-refractivity contribution in [1.29, 1.82) is 0 Å². The fourth-order valence-electron chi connectivity index (χ4n) is 1.21. The molecule has 0 heterocycles. The van der Waals surface area contributed by atoms with Crippen molar-refractivity contribution in [3.8, 4) is 0 Å². The molecule has 1 rings (SSSR count). The topological polar surface area (TPSA) is 38.0 Å². The number of hydrogen-bond donors (Lipinski definition) is 2. The van der Waals surface area contributed by atoms with Crippen LogP contribution in [0.25, 0.3) is 0 Å². The molecule has 1 atom stereocenters. The third-order valence-electron chi connectivity index (χ3n) is 2.08. The predicted molar refractivity (Wildman–Crippen MR) is 61.9 cm³/mol. The van der Waals surface area contributed by atoms with Gasteiger partial charge in [0.15, 0.2) is 0 Å². The Morgan fingerprint density at radius 2 is 2.07 bits per heavy atom. The molecule has 0 aromatic heterocycles. The fourth-order valence-corrected chi connectivity index (χ4v) is 1.52. The van der Waals surface area contributed by atoms with E-state index in [9.17, 15) is 0 Å². The predicted octanol–water partition coefficient (Wildman–Crippen LogP) is 2.60. The van der Waals surface area contributed by atoms with Crippen molar-refractivity contribution >= 4 is 23.2 Å². The van der Waals surface area contributed by atoms with Crippen LogP contribution in [0.2, 0.25) is 10.0 Å². The number of rotatable bonds is 4. The summed E-state index contributed by atoms with van der Waals surface area (Å²) in [5.41, 5.74) is 6.98. The van der Waals surface area contributed by atoms with Gasteiger partial charge in [0.2, 0.25) is 0 Å². The Bertz CT molecular complexity index is 302. The summed E-state index contributed by atoms with van der Waals surface area (Å²) >= 11 is 11.7. The zero-order valence-corrected chi connectivity index (χ0v) is 9.57. The molecule has 1 aromatic carbocycles. The monoisotopic (exact) mass is 232 g/mol. The van der Waals surface area contributed by atoms with Crippen LogP contribution in [0, 0.1) is 0 Å². The van der Waals surface area contributed by atoms with Gasteiger partial charge in [-0.05, 0) is 37.7 Å². The normalized spacial score (nSPS) is 12.9. The quantitative estimate of drug-likeness (QED) is 0.838. The van der Waals surface area contributed by atoms with E-state index in [0.29, 0.717) is 10.0 Å². The van der Waals surface area contributed by atoms with Gasteiger partial charge in [0.25, 0.3) is 0 Å². The minimum absolute atomic E-state index is 0.0113. The van der Waals surface area contributed by atoms with Crippen LogP contribution in [0.4, 0.5) is 0 Å². The van der Waals surface area contributed by atoms with Crippen LogP contribution in [0.15, 0.2) is 18.2 Å². The van der Waals surface area contributed by atoms with Gasteiger partial charge in [0.1, 0.15) is 0 Å². The summed E-state index contributed by atoms with van der Waals surface area (Å²) < 4.78 is 0. The Labute approximate surface area is 94.4 Å². The first-order valence-electron chi connectivity index (χ1n) is 4.50. The molecule has 3 N–H and O–H groups in total. The van der Waals surface area contributed by atoms with Gasteiger partial charge < -0.3 is 11.1 Å². The maximum Gasteiger partial charge on any atom is 0.0595 e. The van der Waals surface area contributed by atoms with E-state index >= 15 is 0 Å². The van der Waals surface area contributed by atoms with Crippen LogP contribution >= 0.6 is 23.2 Å². The second-order valence-electron chi connectivity index (χ2n) is 3.17. The Hall–Kier alpha value is -0.280. The molecule has 14 heavy (non-hydrogen) atoms. The summed E-state index contributed by atoms with van der Waals surface area (Å²) in [7, 11) is 1.90. The molecule has 0 unspecified atom stereocenters. The molecule has 0 saturated carbocycles. The molecular formula is C10H14Cl2N2. The Morgan fingerprint density at radius 1 is 1.36 bits per heavy atom. The molecule has 2 nitrogen and oxygen atoms in total. The molecule has 4 heteroatoms. The van der Waals surface area contributed by atoms with Gasteiger partial charge in [0.05, 0.1) is 10.0 Å². The smallest absolute Gasteiger partial charge is 0.0595 e. The molecule has 0 bridgehead atoms. The lowest BCUT2D eigenvalue weighted by atomic mass is 10.1. The third kappa shape index (κ3) is 3.14. The highest BCUT2D eigenvalue weighted by molar-refractivity contribution is 6.42. The minimum atomic E-state index is 0.0113. The molecule has 0 aliphatic carbocycles. The summed E-state index contributed by atoms with van der Waals surface area (Å²) in [6.07, 6.45) is 0.883. The highest BCUT2D eigenvalue weighted by Crippen LogP contribution is 2.25. The molecule has 1 aromatic rings. The molecular weight excluding hydrogens is 219 g/mol. The lowest BCUT2D eigenvalue weighted by molar-refractivity contribution is 0.616. The van der Waals surface area contributed by atoms with E-state index in [1.54, 1.807) is 6.07 Å². The lowest BCUT2D eigenvalue weighted by Crippen LogP contribution is -2.17. The number of benzene rings is 1. The van der Waals surface area contributed by atoms with Crippen molar-refractivity contribution in [2.75, 3.05) is 13.6 Å². The van der Waals surface area contributed by atoms with Crippen molar-refractivity contribution in [1.82, 2.24) is 5.32 Å². The summed E-state index contributed by atoms with van der Waals surface area (Å²) in [5, 5.41) is 4.18. The Kier molecular flexibility index (Phi) is 4.69. The van der Waals surface area contributed by atoms with Gasteiger partial charge in [-0.15, -0.1) is 0 Å². The maximum absolute atomic E-state index is 5.96. The number of nitrogens with two attached hydrogens (primary N) is 1. The molecule has 0 radical (unpaired) electrons. The van der Waals surface area contributed by atoms with E-state index in [0.717, 1.165) is 18.5 Å². The average molecular weight is 233 g/mol. The molecule has 0 spiro atoms. The second kappa shape index (κ2) is 5.56. The van der Waals surface area contributed by atoms with Crippen molar-refractivity contribution in [2.24, 2.45) is 5.73 Å². The van der Waals surface area contributed by atoms with Crippen molar-refractivity contribution in [3.63, 3.8) is 0 Å². The van der Waals surface area contributed by atoms with Crippen LogP contribution in [0.3, 0.4) is 0 Å². The van der Waals surface area contributed by atoms with E-state index in [1.165, 1.54) is 0 Å². The van der Waals surface area contributed by atoms with E-state index in [-0.39, 0.29) is 6.04 Å². The second-order valence-corrected chi connectivity index (χ2v) is 3.99. The Balaban J connectivity index is 2.70. The number of halogens is 2. The number of nitrogens with one attached hydrogen (secondary N) is 1.